The fourth-order valence-corrected chi connectivity index (χ4v) is 3.02. The molecule has 7 heteroatoms. The molecule has 22 heavy (non-hydrogen) atoms. The molecule has 0 unspecified atom stereocenters. The Morgan fingerprint density at radius 1 is 1.41 bits per heavy atom. The molecule has 2 rings (SSSR count). The average Bonchev–Trinajstić information content (AvgIpc) is 2.82. The Hall–Kier alpha value is -2.28. The van der Waals surface area contributed by atoms with E-state index >= 15 is 0 Å². The SMILES string of the molecule is CCCc1nc(C)c(C(=O)Nc2ccc(F)c(C(N)=O)c2)s1. The van der Waals surface area contributed by atoms with Crippen molar-refractivity contribution in [3.63, 3.8) is 0 Å². The summed E-state index contributed by atoms with van der Waals surface area (Å²) in [5.74, 6) is -1.93. The summed E-state index contributed by atoms with van der Waals surface area (Å²) < 4.78 is 13.4. The molecule has 2 amide bonds. The summed E-state index contributed by atoms with van der Waals surface area (Å²) in [5.41, 5.74) is 5.79. The molecule has 1 aromatic carbocycles. The third-order valence-corrected chi connectivity index (χ3v) is 4.22. The van der Waals surface area contributed by atoms with Crippen molar-refractivity contribution in [1.82, 2.24) is 4.98 Å². The Morgan fingerprint density at radius 3 is 2.77 bits per heavy atom. The lowest BCUT2D eigenvalue weighted by Gasteiger charge is -2.06. The van der Waals surface area contributed by atoms with Crippen LogP contribution in [-0.4, -0.2) is 16.8 Å². The van der Waals surface area contributed by atoms with Crippen LogP contribution in [0.3, 0.4) is 0 Å². The molecule has 0 spiro atoms. The van der Waals surface area contributed by atoms with Crippen LogP contribution in [0, 0.1) is 12.7 Å². The zero-order valence-corrected chi connectivity index (χ0v) is 13.1. The molecule has 1 heterocycles. The molecule has 0 saturated carbocycles. The predicted molar refractivity (Wildman–Crippen MR) is 83.7 cm³/mol. The Morgan fingerprint density at radius 2 is 2.14 bits per heavy atom. The maximum atomic E-state index is 13.4. The second-order valence-electron chi connectivity index (χ2n) is 4.79. The summed E-state index contributed by atoms with van der Waals surface area (Å²) in [4.78, 5) is 28.2. The van der Waals surface area contributed by atoms with E-state index in [-0.39, 0.29) is 11.5 Å². The van der Waals surface area contributed by atoms with Gasteiger partial charge >= 0.3 is 0 Å². The van der Waals surface area contributed by atoms with Gasteiger partial charge < -0.3 is 11.1 Å². The first-order valence-electron chi connectivity index (χ1n) is 6.79. The fraction of sp³-hybridized carbons (Fsp3) is 0.267. The number of aryl methyl sites for hydroxylation is 2. The van der Waals surface area contributed by atoms with Crippen LogP contribution in [0.1, 0.15) is 44.1 Å². The maximum Gasteiger partial charge on any atom is 0.267 e. The number of primary amides is 1. The summed E-state index contributed by atoms with van der Waals surface area (Å²) in [6, 6.07) is 3.69. The molecule has 0 radical (unpaired) electrons. The van der Waals surface area contributed by atoms with Gasteiger partial charge in [-0.1, -0.05) is 6.92 Å². The highest BCUT2D eigenvalue weighted by atomic mass is 32.1. The van der Waals surface area contributed by atoms with Gasteiger partial charge in [-0.05, 0) is 38.0 Å². The van der Waals surface area contributed by atoms with Crippen LogP contribution in [0.2, 0.25) is 0 Å². The number of benzene rings is 1. The van der Waals surface area contributed by atoms with Crippen molar-refractivity contribution in [1.29, 1.82) is 0 Å². The lowest BCUT2D eigenvalue weighted by molar-refractivity contribution is 0.0993. The van der Waals surface area contributed by atoms with Crippen molar-refractivity contribution in [2.45, 2.75) is 26.7 Å². The van der Waals surface area contributed by atoms with E-state index in [4.69, 9.17) is 5.73 Å². The monoisotopic (exact) mass is 321 g/mol. The topological polar surface area (TPSA) is 85.1 Å². The molecule has 3 N–H and O–H groups in total. The molecule has 0 fully saturated rings. The Balaban J connectivity index is 2.22. The van der Waals surface area contributed by atoms with Crippen LogP contribution < -0.4 is 11.1 Å². The van der Waals surface area contributed by atoms with Gasteiger partial charge in [0.05, 0.1) is 16.3 Å². The number of nitrogens with one attached hydrogen (secondary N) is 1. The molecule has 1 aromatic heterocycles. The minimum Gasteiger partial charge on any atom is -0.366 e. The minimum absolute atomic E-state index is 0.259. The number of carbonyl (C=O) groups is 2. The Labute approximate surface area is 131 Å². The summed E-state index contributed by atoms with van der Waals surface area (Å²) in [6.45, 7) is 3.81. The second kappa shape index (κ2) is 6.65. The second-order valence-corrected chi connectivity index (χ2v) is 5.87. The minimum atomic E-state index is -0.882. The number of hydrogen-bond donors (Lipinski definition) is 2. The summed E-state index contributed by atoms with van der Waals surface area (Å²) >= 11 is 1.34. The van der Waals surface area contributed by atoms with Crippen molar-refractivity contribution in [3.8, 4) is 0 Å². The number of thiazole rings is 1. The first-order chi connectivity index (χ1) is 10.4. The van der Waals surface area contributed by atoms with E-state index in [9.17, 15) is 14.0 Å². The molecular weight excluding hydrogens is 305 g/mol. The van der Waals surface area contributed by atoms with Crippen LogP contribution in [-0.2, 0) is 6.42 Å². The standard InChI is InChI=1S/C15H16FN3O2S/c1-3-4-12-18-8(2)13(22-12)15(21)19-9-5-6-11(16)10(7-9)14(17)20/h5-7H,3-4H2,1-2H3,(H2,17,20)(H,19,21). The molecule has 2 aromatic rings. The first kappa shape index (κ1) is 16.1. The molecule has 116 valence electrons. The third-order valence-electron chi connectivity index (χ3n) is 3.00. The summed E-state index contributed by atoms with van der Waals surface area (Å²) in [6.07, 6.45) is 1.77. The molecule has 0 saturated heterocycles. The Bertz CT molecular complexity index is 728. The highest BCUT2D eigenvalue weighted by Crippen LogP contribution is 2.22. The molecule has 0 aliphatic heterocycles. The first-order valence-corrected chi connectivity index (χ1v) is 7.61. The van der Waals surface area contributed by atoms with Crippen molar-refractivity contribution < 1.29 is 14.0 Å². The highest BCUT2D eigenvalue weighted by molar-refractivity contribution is 7.13. The van der Waals surface area contributed by atoms with E-state index in [1.54, 1.807) is 6.92 Å². The van der Waals surface area contributed by atoms with Gasteiger partial charge in [-0.2, -0.15) is 0 Å². The number of carbonyl (C=O) groups excluding carboxylic acids is 2. The fourth-order valence-electron chi connectivity index (χ4n) is 1.96. The Kier molecular flexibility index (Phi) is 4.87. The van der Waals surface area contributed by atoms with E-state index < -0.39 is 11.7 Å². The van der Waals surface area contributed by atoms with Gasteiger partial charge in [-0.3, -0.25) is 9.59 Å². The van der Waals surface area contributed by atoms with E-state index in [2.05, 4.69) is 10.3 Å². The number of rotatable bonds is 5. The van der Waals surface area contributed by atoms with Gasteiger partial charge in [0, 0.05) is 5.69 Å². The van der Waals surface area contributed by atoms with E-state index in [0.717, 1.165) is 23.9 Å². The maximum absolute atomic E-state index is 13.4. The number of nitrogens with zero attached hydrogens (tertiary/aromatic N) is 1. The van der Waals surface area contributed by atoms with Crippen molar-refractivity contribution in [3.05, 3.63) is 45.2 Å². The molecule has 0 aliphatic rings. The molecule has 0 bridgehead atoms. The van der Waals surface area contributed by atoms with Crippen LogP contribution in [0.5, 0.6) is 0 Å². The quantitative estimate of drug-likeness (QED) is 0.888. The van der Waals surface area contributed by atoms with Crippen LogP contribution in [0.15, 0.2) is 18.2 Å². The van der Waals surface area contributed by atoms with Gasteiger partial charge in [0.25, 0.3) is 11.8 Å². The number of hydrogen-bond acceptors (Lipinski definition) is 4. The lowest BCUT2D eigenvalue weighted by Crippen LogP contribution is -2.15. The van der Waals surface area contributed by atoms with Gasteiger partial charge in [-0.15, -0.1) is 11.3 Å². The van der Waals surface area contributed by atoms with E-state index in [0.29, 0.717) is 16.3 Å². The van der Waals surface area contributed by atoms with E-state index in [1.807, 2.05) is 6.92 Å². The lowest BCUT2D eigenvalue weighted by atomic mass is 10.1. The number of amides is 2. The summed E-state index contributed by atoms with van der Waals surface area (Å²) in [7, 11) is 0. The number of anilines is 1. The van der Waals surface area contributed by atoms with Crippen LogP contribution in [0.25, 0.3) is 0 Å². The normalized spacial score (nSPS) is 10.5. The number of aromatic nitrogens is 1. The van der Waals surface area contributed by atoms with Gasteiger partial charge in [-0.25, -0.2) is 9.37 Å². The van der Waals surface area contributed by atoms with Gasteiger partial charge in [0.15, 0.2) is 0 Å². The molecule has 0 aliphatic carbocycles. The van der Waals surface area contributed by atoms with Gasteiger partial charge in [0.1, 0.15) is 10.7 Å². The van der Waals surface area contributed by atoms with Crippen LogP contribution in [0.4, 0.5) is 10.1 Å². The van der Waals surface area contributed by atoms with Crippen molar-refractivity contribution in [2.75, 3.05) is 5.32 Å². The zero-order valence-electron chi connectivity index (χ0n) is 12.3. The smallest absolute Gasteiger partial charge is 0.267 e. The summed E-state index contributed by atoms with van der Waals surface area (Å²) in [5, 5.41) is 3.54. The molecule has 0 atom stereocenters. The van der Waals surface area contributed by atoms with E-state index in [1.165, 1.54) is 23.5 Å². The van der Waals surface area contributed by atoms with Crippen LogP contribution >= 0.6 is 11.3 Å². The third kappa shape index (κ3) is 3.48. The van der Waals surface area contributed by atoms with Crippen molar-refractivity contribution in [2.24, 2.45) is 5.73 Å². The van der Waals surface area contributed by atoms with Crippen molar-refractivity contribution >= 4 is 28.8 Å². The number of nitrogens with two attached hydrogens (primary N) is 1. The largest absolute Gasteiger partial charge is 0.366 e. The highest BCUT2D eigenvalue weighted by Gasteiger charge is 2.16. The predicted octanol–water partition coefficient (Wildman–Crippen LogP) is 2.89. The molecule has 5 nitrogen and oxygen atoms in total. The average molecular weight is 321 g/mol. The number of halogens is 1. The molecular formula is C15H16FN3O2S. The van der Waals surface area contributed by atoms with Gasteiger partial charge in [0.2, 0.25) is 0 Å². The zero-order chi connectivity index (χ0) is 16.3.